The molecule has 0 saturated carbocycles. The number of rotatable bonds is 4. The van der Waals surface area contributed by atoms with Gasteiger partial charge in [-0.15, -0.1) is 0 Å². The molecule has 0 atom stereocenters. The summed E-state index contributed by atoms with van der Waals surface area (Å²) in [5.74, 6) is -0.0302. The second-order valence-electron chi connectivity index (χ2n) is 6.69. The number of hydrogen-bond acceptors (Lipinski definition) is 4. The number of sulfonamides is 1. The number of benzene rings is 2. The third-order valence-corrected chi connectivity index (χ3v) is 4.67. The predicted molar refractivity (Wildman–Crippen MR) is 97.5 cm³/mol. The lowest BCUT2D eigenvalue weighted by molar-refractivity contribution is 0.102. The molecule has 0 aliphatic carbocycles. The Morgan fingerprint density at radius 2 is 1.68 bits per heavy atom. The zero-order valence-corrected chi connectivity index (χ0v) is 15.5. The molecule has 134 valence electrons. The van der Waals surface area contributed by atoms with Crippen molar-refractivity contribution in [2.45, 2.75) is 31.1 Å². The Hall–Kier alpha value is -2.38. The Morgan fingerprint density at radius 1 is 1.08 bits per heavy atom. The van der Waals surface area contributed by atoms with Crippen LogP contribution in [0.5, 0.6) is 5.75 Å². The lowest BCUT2D eigenvalue weighted by atomic mass is 9.87. The third-order valence-electron chi connectivity index (χ3n) is 3.76. The maximum atomic E-state index is 12.5. The first-order valence-electron chi connectivity index (χ1n) is 7.65. The number of anilines is 1. The molecule has 2 rings (SSSR count). The Kier molecular flexibility index (Phi) is 5.20. The van der Waals surface area contributed by atoms with E-state index < -0.39 is 10.0 Å². The number of amides is 1. The molecule has 0 radical (unpaired) electrons. The molecule has 0 heterocycles. The number of nitrogens with one attached hydrogen (secondary N) is 1. The Bertz CT molecular complexity index is 882. The van der Waals surface area contributed by atoms with Gasteiger partial charge < -0.3 is 10.1 Å². The average molecular weight is 362 g/mol. The normalized spacial score (nSPS) is 11.9. The van der Waals surface area contributed by atoms with E-state index in [9.17, 15) is 13.2 Å². The van der Waals surface area contributed by atoms with Gasteiger partial charge in [0, 0.05) is 5.56 Å². The molecule has 1 amide bonds. The minimum atomic E-state index is -3.88. The van der Waals surface area contributed by atoms with Crippen LogP contribution in [0.2, 0.25) is 0 Å². The van der Waals surface area contributed by atoms with Crippen molar-refractivity contribution in [3.8, 4) is 5.75 Å². The van der Waals surface area contributed by atoms with Crippen LogP contribution < -0.4 is 15.2 Å². The van der Waals surface area contributed by atoms with Crippen molar-refractivity contribution in [3.05, 3.63) is 53.6 Å². The zero-order valence-electron chi connectivity index (χ0n) is 14.7. The number of methoxy groups -OCH3 is 1. The van der Waals surface area contributed by atoms with Crippen molar-refractivity contribution >= 4 is 21.6 Å². The molecule has 25 heavy (non-hydrogen) atoms. The van der Waals surface area contributed by atoms with Gasteiger partial charge in [-0.05, 0) is 41.3 Å². The van der Waals surface area contributed by atoms with Gasteiger partial charge in [0.25, 0.3) is 5.91 Å². The van der Waals surface area contributed by atoms with Crippen LogP contribution in [0.15, 0.2) is 47.4 Å². The van der Waals surface area contributed by atoms with Crippen LogP contribution in [-0.2, 0) is 15.4 Å². The molecule has 6 nitrogen and oxygen atoms in total. The monoisotopic (exact) mass is 362 g/mol. The Labute approximate surface area is 148 Å². The molecule has 3 N–H and O–H groups in total. The van der Waals surface area contributed by atoms with E-state index in [0.717, 1.165) is 5.56 Å². The highest BCUT2D eigenvalue weighted by molar-refractivity contribution is 7.89. The van der Waals surface area contributed by atoms with Crippen molar-refractivity contribution in [2.24, 2.45) is 5.14 Å². The SMILES string of the molecule is COc1ccc(S(N)(=O)=O)cc1NC(=O)c1ccc(C(C)(C)C)cc1. The summed E-state index contributed by atoms with van der Waals surface area (Å²) < 4.78 is 28.2. The number of carbonyl (C=O) groups is 1. The second kappa shape index (κ2) is 6.85. The molecule has 2 aromatic rings. The van der Waals surface area contributed by atoms with Crippen LogP contribution in [-0.4, -0.2) is 21.4 Å². The van der Waals surface area contributed by atoms with E-state index in [4.69, 9.17) is 9.88 Å². The molecule has 0 aliphatic rings. The highest BCUT2D eigenvalue weighted by Crippen LogP contribution is 2.28. The fourth-order valence-corrected chi connectivity index (χ4v) is 2.82. The van der Waals surface area contributed by atoms with Crippen molar-refractivity contribution < 1.29 is 17.9 Å². The van der Waals surface area contributed by atoms with Gasteiger partial charge in [-0.3, -0.25) is 4.79 Å². The molecular formula is C18H22N2O4S. The number of ether oxygens (including phenoxy) is 1. The largest absolute Gasteiger partial charge is 0.495 e. The number of primary sulfonamides is 1. The minimum absolute atomic E-state index is 0.0119. The highest BCUT2D eigenvalue weighted by atomic mass is 32.2. The van der Waals surface area contributed by atoms with Gasteiger partial charge >= 0.3 is 0 Å². The standard InChI is InChI=1S/C18H22N2O4S/c1-18(2,3)13-7-5-12(6-8-13)17(21)20-15-11-14(25(19,22)23)9-10-16(15)24-4/h5-11H,1-4H3,(H,20,21)(H2,19,22,23). The van der Waals surface area contributed by atoms with Gasteiger partial charge in [0.1, 0.15) is 5.75 Å². The van der Waals surface area contributed by atoms with Crippen molar-refractivity contribution in [1.29, 1.82) is 0 Å². The van der Waals surface area contributed by atoms with Gasteiger partial charge in [-0.2, -0.15) is 0 Å². The predicted octanol–water partition coefficient (Wildman–Crippen LogP) is 2.89. The molecule has 7 heteroatoms. The summed E-state index contributed by atoms with van der Waals surface area (Å²) in [5, 5.41) is 7.80. The van der Waals surface area contributed by atoms with Crippen LogP contribution in [0.4, 0.5) is 5.69 Å². The van der Waals surface area contributed by atoms with E-state index in [2.05, 4.69) is 26.1 Å². The number of hydrogen-bond donors (Lipinski definition) is 2. The summed E-state index contributed by atoms with van der Waals surface area (Å²) in [4.78, 5) is 12.4. The van der Waals surface area contributed by atoms with Gasteiger partial charge in [0.05, 0.1) is 17.7 Å². The van der Waals surface area contributed by atoms with E-state index in [1.165, 1.54) is 25.3 Å². The minimum Gasteiger partial charge on any atom is -0.495 e. The van der Waals surface area contributed by atoms with E-state index in [0.29, 0.717) is 11.3 Å². The van der Waals surface area contributed by atoms with Crippen LogP contribution in [0.25, 0.3) is 0 Å². The van der Waals surface area contributed by atoms with Crippen LogP contribution >= 0.6 is 0 Å². The smallest absolute Gasteiger partial charge is 0.255 e. The van der Waals surface area contributed by atoms with Crippen molar-refractivity contribution in [1.82, 2.24) is 0 Å². The van der Waals surface area contributed by atoms with Gasteiger partial charge in [-0.25, -0.2) is 13.6 Å². The topological polar surface area (TPSA) is 98.5 Å². The molecular weight excluding hydrogens is 340 g/mol. The maximum Gasteiger partial charge on any atom is 0.255 e. The fourth-order valence-electron chi connectivity index (χ4n) is 2.28. The van der Waals surface area contributed by atoms with Crippen LogP contribution in [0.3, 0.4) is 0 Å². The molecule has 2 aromatic carbocycles. The molecule has 0 unspecified atom stereocenters. The lowest BCUT2D eigenvalue weighted by Gasteiger charge is -2.19. The third kappa shape index (κ3) is 4.58. The zero-order chi connectivity index (χ0) is 18.8. The number of carbonyl (C=O) groups excluding carboxylic acids is 1. The first-order chi connectivity index (χ1) is 11.5. The molecule has 0 fully saturated rings. The molecule has 0 saturated heterocycles. The summed E-state index contributed by atoms with van der Waals surface area (Å²) >= 11 is 0. The Balaban J connectivity index is 2.31. The van der Waals surface area contributed by atoms with Gasteiger partial charge in [-0.1, -0.05) is 32.9 Å². The van der Waals surface area contributed by atoms with Gasteiger partial charge in [0.2, 0.25) is 10.0 Å². The Morgan fingerprint density at radius 3 is 2.16 bits per heavy atom. The lowest BCUT2D eigenvalue weighted by Crippen LogP contribution is -2.16. The van der Waals surface area contributed by atoms with E-state index in [-0.39, 0.29) is 21.9 Å². The summed E-state index contributed by atoms with van der Waals surface area (Å²) in [6.07, 6.45) is 0. The van der Waals surface area contributed by atoms with Crippen LogP contribution in [0, 0.1) is 0 Å². The average Bonchev–Trinajstić information content (AvgIpc) is 2.53. The first kappa shape index (κ1) is 19.0. The van der Waals surface area contributed by atoms with E-state index >= 15 is 0 Å². The summed E-state index contributed by atoms with van der Waals surface area (Å²) in [5.41, 5.74) is 1.79. The molecule has 0 aliphatic heterocycles. The van der Waals surface area contributed by atoms with Crippen molar-refractivity contribution in [2.75, 3.05) is 12.4 Å². The van der Waals surface area contributed by atoms with Crippen molar-refractivity contribution in [3.63, 3.8) is 0 Å². The first-order valence-corrected chi connectivity index (χ1v) is 9.20. The quantitative estimate of drug-likeness (QED) is 0.873. The number of nitrogens with two attached hydrogens (primary N) is 1. The second-order valence-corrected chi connectivity index (χ2v) is 8.25. The molecule has 0 bridgehead atoms. The van der Waals surface area contributed by atoms with Crippen LogP contribution in [0.1, 0.15) is 36.7 Å². The fraction of sp³-hybridized carbons (Fsp3) is 0.278. The maximum absolute atomic E-state index is 12.5. The summed E-state index contributed by atoms with van der Waals surface area (Å²) in [6.45, 7) is 6.27. The van der Waals surface area contributed by atoms with E-state index in [1.54, 1.807) is 12.1 Å². The summed E-state index contributed by atoms with van der Waals surface area (Å²) in [7, 11) is -2.45. The van der Waals surface area contributed by atoms with Gasteiger partial charge in [0.15, 0.2) is 0 Å². The highest BCUT2D eigenvalue weighted by Gasteiger charge is 2.17. The molecule has 0 aromatic heterocycles. The summed E-state index contributed by atoms with van der Waals surface area (Å²) in [6, 6.07) is 11.3. The molecule has 0 spiro atoms. The van der Waals surface area contributed by atoms with E-state index in [1.807, 2.05) is 12.1 Å².